The van der Waals surface area contributed by atoms with Gasteiger partial charge in [0, 0.05) is 18.6 Å². The summed E-state index contributed by atoms with van der Waals surface area (Å²) in [7, 11) is 1.55. The Labute approximate surface area is 171 Å². The summed E-state index contributed by atoms with van der Waals surface area (Å²) in [6.45, 7) is 5.96. The second-order valence-electron chi connectivity index (χ2n) is 6.92. The highest BCUT2D eigenvalue weighted by atomic mass is 35.5. The number of nitrogens with zero attached hydrogens (tertiary/aromatic N) is 1. The van der Waals surface area contributed by atoms with E-state index in [9.17, 15) is 9.59 Å². The van der Waals surface area contributed by atoms with Gasteiger partial charge in [0.05, 0.1) is 0 Å². The molecule has 0 unspecified atom stereocenters. The van der Waals surface area contributed by atoms with Crippen LogP contribution in [0.15, 0.2) is 48.5 Å². The highest BCUT2D eigenvalue weighted by Crippen LogP contribution is 2.26. The monoisotopic (exact) mass is 402 g/mol. The second kappa shape index (κ2) is 10.1. The second-order valence-corrected chi connectivity index (χ2v) is 7.36. The molecule has 0 spiro atoms. The number of halogens is 1. The molecule has 2 aromatic carbocycles. The highest BCUT2D eigenvalue weighted by molar-refractivity contribution is 6.30. The van der Waals surface area contributed by atoms with Crippen LogP contribution >= 0.6 is 11.6 Å². The van der Waals surface area contributed by atoms with Gasteiger partial charge in [0.2, 0.25) is 5.91 Å². The summed E-state index contributed by atoms with van der Waals surface area (Å²) in [5, 5.41) is 3.18. The predicted molar refractivity (Wildman–Crippen MR) is 112 cm³/mol. The van der Waals surface area contributed by atoms with Crippen LogP contribution in [0.3, 0.4) is 0 Å². The van der Waals surface area contributed by atoms with Gasteiger partial charge >= 0.3 is 0 Å². The molecular formula is C22H27ClN2O3. The zero-order valence-electron chi connectivity index (χ0n) is 16.7. The van der Waals surface area contributed by atoms with Crippen LogP contribution in [0.1, 0.15) is 37.8 Å². The van der Waals surface area contributed by atoms with E-state index in [1.165, 1.54) is 4.90 Å². The maximum Gasteiger partial charge on any atom is 0.261 e. The molecule has 0 fully saturated rings. The molecule has 6 heteroatoms. The van der Waals surface area contributed by atoms with Crippen molar-refractivity contribution >= 4 is 23.4 Å². The first-order chi connectivity index (χ1) is 13.3. The number of hydrogen-bond acceptors (Lipinski definition) is 3. The van der Waals surface area contributed by atoms with Crippen LogP contribution in [0.4, 0.5) is 0 Å². The van der Waals surface area contributed by atoms with Gasteiger partial charge < -0.3 is 15.0 Å². The normalized spacial score (nSPS) is 11.8. The van der Waals surface area contributed by atoms with Crippen LogP contribution in [-0.4, -0.2) is 36.4 Å². The van der Waals surface area contributed by atoms with E-state index < -0.39 is 6.04 Å². The third-order valence-electron chi connectivity index (χ3n) is 4.55. The van der Waals surface area contributed by atoms with Gasteiger partial charge in [0.25, 0.3) is 5.91 Å². The van der Waals surface area contributed by atoms with E-state index in [0.717, 1.165) is 11.1 Å². The molecule has 0 aliphatic rings. The van der Waals surface area contributed by atoms with Gasteiger partial charge in [-0.3, -0.25) is 9.59 Å². The fourth-order valence-corrected chi connectivity index (χ4v) is 3.15. The van der Waals surface area contributed by atoms with E-state index in [1.54, 1.807) is 26.1 Å². The van der Waals surface area contributed by atoms with Gasteiger partial charge in [0.15, 0.2) is 6.61 Å². The average Bonchev–Trinajstić information content (AvgIpc) is 2.69. The number of rotatable bonds is 8. The summed E-state index contributed by atoms with van der Waals surface area (Å²) < 4.78 is 5.82. The van der Waals surface area contributed by atoms with Crippen LogP contribution in [0, 0.1) is 0 Å². The van der Waals surface area contributed by atoms with Gasteiger partial charge in [-0.2, -0.15) is 0 Å². The Morgan fingerprint density at radius 2 is 1.82 bits per heavy atom. The van der Waals surface area contributed by atoms with E-state index in [-0.39, 0.29) is 30.9 Å². The van der Waals surface area contributed by atoms with Crippen LogP contribution in [-0.2, 0) is 16.1 Å². The zero-order chi connectivity index (χ0) is 20.7. The highest BCUT2D eigenvalue weighted by Gasteiger charge is 2.26. The van der Waals surface area contributed by atoms with Crippen LogP contribution < -0.4 is 10.1 Å². The summed E-state index contributed by atoms with van der Waals surface area (Å²) in [6.07, 6.45) is 0. The molecule has 28 heavy (non-hydrogen) atoms. The van der Waals surface area contributed by atoms with Crippen molar-refractivity contribution in [1.29, 1.82) is 0 Å². The molecule has 2 amide bonds. The Kier molecular flexibility index (Phi) is 7.88. The zero-order valence-corrected chi connectivity index (χ0v) is 17.5. The van der Waals surface area contributed by atoms with Crippen LogP contribution in [0.25, 0.3) is 0 Å². The van der Waals surface area contributed by atoms with Crippen molar-refractivity contribution in [2.24, 2.45) is 0 Å². The number of nitrogens with one attached hydrogen (secondary N) is 1. The summed E-state index contributed by atoms with van der Waals surface area (Å²) in [4.78, 5) is 26.6. The van der Waals surface area contributed by atoms with E-state index in [4.69, 9.17) is 16.3 Å². The molecule has 2 rings (SSSR count). The topological polar surface area (TPSA) is 58.6 Å². The lowest BCUT2D eigenvalue weighted by molar-refractivity contribution is -0.142. The standard InChI is InChI=1S/C22H27ClN2O3/c1-15(2)19-10-5-6-11-20(19)28-14-21(26)25(16(3)22(27)24-4)13-17-8-7-9-18(23)12-17/h5-12,15-16H,13-14H2,1-4H3,(H,24,27)/t16-/m0/s1. The third kappa shape index (κ3) is 5.73. The Hall–Kier alpha value is -2.53. The van der Waals surface area contributed by atoms with E-state index >= 15 is 0 Å². The van der Waals surface area contributed by atoms with E-state index in [1.807, 2.05) is 36.4 Å². The quantitative estimate of drug-likeness (QED) is 0.725. The molecule has 0 aromatic heterocycles. The van der Waals surface area contributed by atoms with Crippen LogP contribution in [0.2, 0.25) is 5.02 Å². The van der Waals surface area contributed by atoms with Crippen LogP contribution in [0.5, 0.6) is 5.75 Å². The number of benzene rings is 2. The lowest BCUT2D eigenvalue weighted by Crippen LogP contribution is -2.48. The summed E-state index contributed by atoms with van der Waals surface area (Å²) in [5.41, 5.74) is 1.88. The number of amides is 2. The number of carbonyl (C=O) groups is 2. The fraction of sp³-hybridized carbons (Fsp3) is 0.364. The van der Waals surface area contributed by atoms with Gasteiger partial charge in [-0.15, -0.1) is 0 Å². The minimum atomic E-state index is -0.638. The van der Waals surface area contributed by atoms with Crippen molar-refractivity contribution in [1.82, 2.24) is 10.2 Å². The molecule has 1 N–H and O–H groups in total. The van der Waals surface area contributed by atoms with Crippen molar-refractivity contribution in [2.75, 3.05) is 13.7 Å². The van der Waals surface area contributed by atoms with Gasteiger partial charge in [-0.1, -0.05) is 55.8 Å². The fourth-order valence-electron chi connectivity index (χ4n) is 2.93. The smallest absolute Gasteiger partial charge is 0.261 e. The first-order valence-corrected chi connectivity index (χ1v) is 9.68. The predicted octanol–water partition coefficient (Wildman–Crippen LogP) is 4.01. The minimum absolute atomic E-state index is 0.147. The van der Waals surface area contributed by atoms with E-state index in [0.29, 0.717) is 10.8 Å². The SMILES string of the molecule is CNC(=O)[C@H](C)N(Cc1cccc(Cl)c1)C(=O)COc1ccccc1C(C)C. The summed E-state index contributed by atoms with van der Waals surface area (Å²) in [6, 6.07) is 14.3. The largest absolute Gasteiger partial charge is 0.483 e. The molecule has 0 aliphatic heterocycles. The Morgan fingerprint density at radius 3 is 2.46 bits per heavy atom. The molecule has 150 valence electrons. The van der Waals surface area contributed by atoms with Crippen molar-refractivity contribution in [3.05, 3.63) is 64.7 Å². The molecule has 0 bridgehead atoms. The van der Waals surface area contributed by atoms with Crippen molar-refractivity contribution in [3.8, 4) is 5.75 Å². The third-order valence-corrected chi connectivity index (χ3v) is 4.78. The first-order valence-electron chi connectivity index (χ1n) is 9.30. The molecule has 0 radical (unpaired) electrons. The lowest BCUT2D eigenvalue weighted by Gasteiger charge is -2.28. The number of hydrogen-bond donors (Lipinski definition) is 1. The number of carbonyl (C=O) groups excluding carboxylic acids is 2. The Morgan fingerprint density at radius 1 is 1.11 bits per heavy atom. The first kappa shape index (κ1) is 21.8. The van der Waals surface area contributed by atoms with Gasteiger partial charge in [-0.25, -0.2) is 0 Å². The lowest BCUT2D eigenvalue weighted by atomic mass is 10.0. The van der Waals surface area contributed by atoms with Gasteiger partial charge in [0.1, 0.15) is 11.8 Å². The maximum atomic E-state index is 12.9. The molecule has 0 saturated heterocycles. The summed E-state index contributed by atoms with van der Waals surface area (Å²) in [5.74, 6) is 0.451. The molecule has 1 atom stereocenters. The van der Waals surface area contributed by atoms with Crippen molar-refractivity contribution in [3.63, 3.8) is 0 Å². The van der Waals surface area contributed by atoms with Crippen molar-refractivity contribution in [2.45, 2.75) is 39.3 Å². The minimum Gasteiger partial charge on any atom is -0.483 e. The maximum absolute atomic E-state index is 12.9. The number of likely N-dealkylation sites (N-methyl/N-ethyl adjacent to an activating group) is 1. The van der Waals surface area contributed by atoms with E-state index in [2.05, 4.69) is 19.2 Å². The Bertz CT molecular complexity index is 823. The molecule has 5 nitrogen and oxygen atoms in total. The molecule has 2 aromatic rings. The molecule has 0 saturated carbocycles. The Balaban J connectivity index is 2.18. The summed E-state index contributed by atoms with van der Waals surface area (Å²) >= 11 is 6.06. The number of ether oxygens (including phenoxy) is 1. The average molecular weight is 403 g/mol. The van der Waals surface area contributed by atoms with Gasteiger partial charge in [-0.05, 0) is 42.2 Å². The number of para-hydroxylation sites is 1. The van der Waals surface area contributed by atoms with Crippen molar-refractivity contribution < 1.29 is 14.3 Å². The molecule has 0 aliphatic carbocycles. The molecular weight excluding hydrogens is 376 g/mol. The molecule has 0 heterocycles.